The van der Waals surface area contributed by atoms with Gasteiger partial charge in [-0.25, -0.2) is 4.98 Å². The molecular formula is C16H23N5. The molecule has 0 spiro atoms. The molecule has 0 radical (unpaired) electrons. The first-order valence-corrected chi connectivity index (χ1v) is 7.74. The Morgan fingerprint density at radius 3 is 3.00 bits per heavy atom. The Morgan fingerprint density at radius 1 is 1.24 bits per heavy atom. The Hall–Kier alpha value is -1.88. The van der Waals surface area contributed by atoms with Gasteiger partial charge in [0.1, 0.15) is 5.82 Å². The molecule has 0 bridgehead atoms. The van der Waals surface area contributed by atoms with Crippen molar-refractivity contribution in [3.63, 3.8) is 0 Å². The average molecular weight is 285 g/mol. The Morgan fingerprint density at radius 2 is 2.19 bits per heavy atom. The average Bonchev–Trinajstić information content (AvgIpc) is 3.02. The van der Waals surface area contributed by atoms with Crippen LogP contribution >= 0.6 is 0 Å². The number of aromatic nitrogens is 3. The predicted molar refractivity (Wildman–Crippen MR) is 83.5 cm³/mol. The van der Waals surface area contributed by atoms with E-state index in [0.29, 0.717) is 11.9 Å². The van der Waals surface area contributed by atoms with E-state index >= 15 is 0 Å². The lowest BCUT2D eigenvalue weighted by atomic mass is 9.98. The van der Waals surface area contributed by atoms with Crippen molar-refractivity contribution < 1.29 is 0 Å². The maximum absolute atomic E-state index is 5.98. The number of nitrogens with two attached hydrogens (primary N) is 1. The fourth-order valence-corrected chi connectivity index (χ4v) is 3.11. The van der Waals surface area contributed by atoms with E-state index < -0.39 is 0 Å². The van der Waals surface area contributed by atoms with Crippen LogP contribution in [0.1, 0.15) is 31.2 Å². The molecule has 3 rings (SSSR count). The topological polar surface area (TPSA) is 60.0 Å². The summed E-state index contributed by atoms with van der Waals surface area (Å²) in [6.07, 6.45) is 10.6. The molecule has 1 fully saturated rings. The molecule has 5 heteroatoms. The number of hydrogen-bond donors (Lipinski definition) is 1. The van der Waals surface area contributed by atoms with Crippen LogP contribution < -0.4 is 5.73 Å². The molecule has 21 heavy (non-hydrogen) atoms. The van der Waals surface area contributed by atoms with Crippen LogP contribution in [-0.2, 0) is 13.1 Å². The van der Waals surface area contributed by atoms with Crippen molar-refractivity contribution >= 4 is 5.82 Å². The minimum Gasteiger partial charge on any atom is -0.383 e. The lowest BCUT2D eigenvalue weighted by Gasteiger charge is -2.36. The molecule has 1 unspecified atom stereocenters. The minimum absolute atomic E-state index is 0.613. The zero-order valence-corrected chi connectivity index (χ0v) is 12.4. The molecule has 0 saturated carbocycles. The lowest BCUT2D eigenvalue weighted by Crippen LogP contribution is -2.39. The number of hydrogen-bond acceptors (Lipinski definition) is 4. The highest BCUT2D eigenvalue weighted by Crippen LogP contribution is 2.23. The van der Waals surface area contributed by atoms with Crippen LogP contribution in [0.3, 0.4) is 0 Å². The van der Waals surface area contributed by atoms with Gasteiger partial charge in [-0.1, -0.05) is 12.5 Å². The van der Waals surface area contributed by atoms with Crippen LogP contribution in [-0.4, -0.2) is 32.3 Å². The Labute approximate surface area is 125 Å². The number of anilines is 1. The number of nitrogen functional groups attached to an aromatic ring is 1. The SMILES string of the molecule is Nc1ncccc1CN1CCCCC1CCn1cccn1. The van der Waals surface area contributed by atoms with E-state index in [-0.39, 0.29) is 0 Å². The van der Waals surface area contributed by atoms with Crippen LogP contribution in [0.25, 0.3) is 0 Å². The summed E-state index contributed by atoms with van der Waals surface area (Å²) < 4.78 is 2.02. The van der Waals surface area contributed by atoms with Gasteiger partial charge >= 0.3 is 0 Å². The van der Waals surface area contributed by atoms with Crippen LogP contribution in [0.15, 0.2) is 36.8 Å². The summed E-state index contributed by atoms with van der Waals surface area (Å²) in [6.45, 7) is 3.04. The van der Waals surface area contributed by atoms with Gasteiger partial charge in [0.05, 0.1) is 0 Å². The summed E-state index contributed by atoms with van der Waals surface area (Å²) in [6, 6.07) is 6.65. The second kappa shape index (κ2) is 6.72. The number of rotatable bonds is 5. The first kappa shape index (κ1) is 14.1. The Bertz CT molecular complexity index is 552. The molecule has 2 N–H and O–H groups in total. The van der Waals surface area contributed by atoms with Gasteiger partial charge in [-0.3, -0.25) is 9.58 Å². The first-order valence-electron chi connectivity index (χ1n) is 7.74. The summed E-state index contributed by atoms with van der Waals surface area (Å²) in [5, 5.41) is 4.29. The zero-order chi connectivity index (χ0) is 14.5. The molecule has 1 atom stereocenters. The summed E-state index contributed by atoms with van der Waals surface area (Å²) in [7, 11) is 0. The second-order valence-electron chi connectivity index (χ2n) is 5.73. The normalized spacial score (nSPS) is 19.7. The van der Waals surface area contributed by atoms with Crippen LogP contribution in [0, 0.1) is 0 Å². The van der Waals surface area contributed by atoms with Gasteiger partial charge in [-0.15, -0.1) is 0 Å². The quantitative estimate of drug-likeness (QED) is 0.915. The van der Waals surface area contributed by atoms with Gasteiger partial charge in [-0.2, -0.15) is 5.10 Å². The molecule has 3 heterocycles. The number of likely N-dealkylation sites (tertiary alicyclic amines) is 1. The lowest BCUT2D eigenvalue weighted by molar-refractivity contribution is 0.127. The zero-order valence-electron chi connectivity index (χ0n) is 12.4. The van der Waals surface area contributed by atoms with Crippen LogP contribution in [0.4, 0.5) is 5.82 Å². The number of piperidine rings is 1. The minimum atomic E-state index is 0.613. The third-order valence-electron chi connectivity index (χ3n) is 4.30. The molecule has 0 amide bonds. The molecular weight excluding hydrogens is 262 g/mol. The van der Waals surface area contributed by atoms with E-state index in [9.17, 15) is 0 Å². The second-order valence-corrected chi connectivity index (χ2v) is 5.73. The standard InChI is InChI=1S/C16H23N5/c17-16-14(5-3-8-18-16)13-20-10-2-1-6-15(20)7-12-21-11-4-9-19-21/h3-5,8-9,11,15H,1-2,6-7,10,12-13H2,(H2,17,18). The van der Waals surface area contributed by atoms with Crippen molar-refractivity contribution in [3.05, 3.63) is 42.4 Å². The summed E-state index contributed by atoms with van der Waals surface area (Å²) in [5.41, 5.74) is 7.12. The molecule has 1 aliphatic rings. The van der Waals surface area contributed by atoms with Crippen LogP contribution in [0.2, 0.25) is 0 Å². The van der Waals surface area contributed by atoms with Crippen molar-refractivity contribution in [2.45, 2.75) is 44.8 Å². The van der Waals surface area contributed by atoms with Gasteiger partial charge in [0.25, 0.3) is 0 Å². The van der Waals surface area contributed by atoms with Gasteiger partial charge in [0.2, 0.25) is 0 Å². The molecule has 0 aromatic carbocycles. The van der Waals surface area contributed by atoms with E-state index in [4.69, 9.17) is 5.73 Å². The van der Waals surface area contributed by atoms with Crippen molar-refractivity contribution in [2.75, 3.05) is 12.3 Å². The van der Waals surface area contributed by atoms with Gasteiger partial charge in [0.15, 0.2) is 0 Å². The molecule has 112 valence electrons. The maximum Gasteiger partial charge on any atom is 0.127 e. The molecule has 0 aliphatic carbocycles. The fourth-order valence-electron chi connectivity index (χ4n) is 3.11. The molecule has 1 aliphatic heterocycles. The fraction of sp³-hybridized carbons (Fsp3) is 0.500. The monoisotopic (exact) mass is 285 g/mol. The third kappa shape index (κ3) is 3.61. The van der Waals surface area contributed by atoms with Crippen LogP contribution in [0.5, 0.6) is 0 Å². The number of pyridine rings is 1. The van der Waals surface area contributed by atoms with E-state index in [0.717, 1.165) is 31.6 Å². The maximum atomic E-state index is 5.98. The predicted octanol–water partition coefficient (Wildman–Crippen LogP) is 2.31. The largest absolute Gasteiger partial charge is 0.383 e. The highest BCUT2D eigenvalue weighted by molar-refractivity contribution is 5.38. The van der Waals surface area contributed by atoms with E-state index in [1.807, 2.05) is 29.2 Å². The molecule has 2 aromatic rings. The van der Waals surface area contributed by atoms with Crippen molar-refractivity contribution in [2.24, 2.45) is 0 Å². The van der Waals surface area contributed by atoms with E-state index in [2.05, 4.69) is 21.0 Å². The molecule has 2 aromatic heterocycles. The number of aryl methyl sites for hydroxylation is 1. The highest BCUT2D eigenvalue weighted by Gasteiger charge is 2.22. The first-order chi connectivity index (χ1) is 10.3. The highest BCUT2D eigenvalue weighted by atomic mass is 15.3. The Kier molecular flexibility index (Phi) is 4.50. The smallest absolute Gasteiger partial charge is 0.127 e. The Balaban J connectivity index is 1.62. The van der Waals surface area contributed by atoms with Gasteiger partial charge in [-0.05, 0) is 37.9 Å². The summed E-state index contributed by atoms with van der Waals surface area (Å²) in [5.74, 6) is 0.661. The van der Waals surface area contributed by atoms with E-state index in [1.165, 1.54) is 19.3 Å². The van der Waals surface area contributed by atoms with Gasteiger partial charge in [0, 0.05) is 43.3 Å². The van der Waals surface area contributed by atoms with Gasteiger partial charge < -0.3 is 5.73 Å². The van der Waals surface area contributed by atoms with Crippen molar-refractivity contribution in [1.82, 2.24) is 19.7 Å². The molecule has 1 saturated heterocycles. The third-order valence-corrected chi connectivity index (χ3v) is 4.30. The summed E-state index contributed by atoms with van der Waals surface area (Å²) in [4.78, 5) is 6.75. The molecule has 5 nitrogen and oxygen atoms in total. The van der Waals surface area contributed by atoms with E-state index in [1.54, 1.807) is 6.20 Å². The summed E-state index contributed by atoms with van der Waals surface area (Å²) >= 11 is 0. The van der Waals surface area contributed by atoms with Crippen molar-refractivity contribution in [1.29, 1.82) is 0 Å². The number of nitrogens with zero attached hydrogens (tertiary/aromatic N) is 4. The van der Waals surface area contributed by atoms with Crippen molar-refractivity contribution in [3.8, 4) is 0 Å².